The summed E-state index contributed by atoms with van der Waals surface area (Å²) in [6.07, 6.45) is 8.26. The summed E-state index contributed by atoms with van der Waals surface area (Å²) in [7, 11) is 0. The minimum atomic E-state index is 0.313. The fraction of sp³-hybridized carbons (Fsp3) is 0.727. The monoisotopic (exact) mass is 180 g/mol. The molecule has 1 heterocycles. The zero-order chi connectivity index (χ0) is 9.10. The molecule has 2 nitrogen and oxygen atoms in total. The Balaban J connectivity index is 1.98. The molecule has 1 aliphatic carbocycles. The highest BCUT2D eigenvalue weighted by Gasteiger charge is 2.26. The van der Waals surface area contributed by atoms with Crippen LogP contribution in [-0.4, -0.2) is 12.4 Å². The van der Waals surface area contributed by atoms with Crippen molar-refractivity contribution in [3.8, 4) is 0 Å². The van der Waals surface area contributed by atoms with Gasteiger partial charge in [0, 0.05) is 11.5 Å². The maximum atomic E-state index is 11.9. The predicted molar refractivity (Wildman–Crippen MR) is 50.2 cm³/mol. The second-order valence-corrected chi connectivity index (χ2v) is 3.96. The molecule has 13 heavy (non-hydrogen) atoms. The van der Waals surface area contributed by atoms with Crippen LogP contribution in [0.3, 0.4) is 0 Å². The van der Waals surface area contributed by atoms with Crippen LogP contribution in [0.1, 0.15) is 38.5 Å². The average Bonchev–Trinajstić information content (AvgIpc) is 2.71. The van der Waals surface area contributed by atoms with Crippen LogP contribution in [-0.2, 0) is 9.53 Å². The maximum absolute atomic E-state index is 11.9. The summed E-state index contributed by atoms with van der Waals surface area (Å²) in [5.41, 5.74) is 0.929. The van der Waals surface area contributed by atoms with Gasteiger partial charge in [0.2, 0.25) is 0 Å². The quantitative estimate of drug-likeness (QED) is 0.652. The van der Waals surface area contributed by atoms with Gasteiger partial charge in [0.05, 0.1) is 12.9 Å². The van der Waals surface area contributed by atoms with Crippen molar-refractivity contribution in [3.05, 3.63) is 11.8 Å². The molecule has 0 bridgehead atoms. The molecule has 2 rings (SSSR count). The van der Waals surface area contributed by atoms with Crippen molar-refractivity contribution in [2.45, 2.75) is 38.5 Å². The van der Waals surface area contributed by atoms with E-state index in [0.29, 0.717) is 11.7 Å². The van der Waals surface area contributed by atoms with Crippen molar-refractivity contribution < 1.29 is 9.53 Å². The topological polar surface area (TPSA) is 26.3 Å². The van der Waals surface area contributed by atoms with Gasteiger partial charge in [-0.25, -0.2) is 0 Å². The molecule has 0 spiro atoms. The molecule has 0 radical (unpaired) electrons. The normalized spacial score (nSPS) is 23.8. The van der Waals surface area contributed by atoms with Gasteiger partial charge in [-0.15, -0.1) is 0 Å². The van der Waals surface area contributed by atoms with E-state index in [0.717, 1.165) is 37.9 Å². The molecule has 0 aromatic rings. The first-order chi connectivity index (χ1) is 6.38. The molecule has 1 aliphatic heterocycles. The summed E-state index contributed by atoms with van der Waals surface area (Å²) in [4.78, 5) is 11.9. The highest BCUT2D eigenvalue weighted by Crippen LogP contribution is 2.29. The van der Waals surface area contributed by atoms with Crippen molar-refractivity contribution in [2.24, 2.45) is 5.92 Å². The molecule has 0 aromatic heterocycles. The maximum Gasteiger partial charge on any atom is 0.164 e. The Hall–Kier alpha value is -0.790. The molecule has 0 aromatic carbocycles. The van der Waals surface area contributed by atoms with Crippen molar-refractivity contribution >= 4 is 5.78 Å². The lowest BCUT2D eigenvalue weighted by atomic mass is 9.94. The lowest BCUT2D eigenvalue weighted by Crippen LogP contribution is -2.16. The van der Waals surface area contributed by atoms with Crippen LogP contribution in [0, 0.1) is 5.92 Å². The molecule has 0 unspecified atom stereocenters. The highest BCUT2D eigenvalue weighted by molar-refractivity contribution is 5.97. The summed E-state index contributed by atoms with van der Waals surface area (Å²) >= 11 is 0. The number of rotatable bonds is 2. The smallest absolute Gasteiger partial charge is 0.164 e. The molecule has 72 valence electrons. The van der Waals surface area contributed by atoms with Crippen molar-refractivity contribution in [1.82, 2.24) is 0 Å². The van der Waals surface area contributed by atoms with Crippen LogP contribution in [0.25, 0.3) is 0 Å². The molecular weight excluding hydrogens is 164 g/mol. The predicted octanol–water partition coefficient (Wildman–Crippen LogP) is 2.44. The zero-order valence-electron chi connectivity index (χ0n) is 7.92. The van der Waals surface area contributed by atoms with Crippen LogP contribution in [0.4, 0.5) is 0 Å². The van der Waals surface area contributed by atoms with Crippen molar-refractivity contribution in [2.75, 3.05) is 6.61 Å². The summed E-state index contributed by atoms with van der Waals surface area (Å²) in [6, 6.07) is 0. The first-order valence-corrected chi connectivity index (χ1v) is 5.23. The van der Waals surface area contributed by atoms with Gasteiger partial charge in [-0.1, -0.05) is 12.8 Å². The molecule has 2 heteroatoms. The summed E-state index contributed by atoms with van der Waals surface area (Å²) in [5, 5.41) is 0. The van der Waals surface area contributed by atoms with Crippen molar-refractivity contribution in [1.29, 1.82) is 0 Å². The van der Waals surface area contributed by atoms with Crippen LogP contribution in [0.5, 0.6) is 0 Å². The SMILES string of the molecule is O=C(C1=COCCC1)C1CCCC1. The first-order valence-electron chi connectivity index (χ1n) is 5.23. The lowest BCUT2D eigenvalue weighted by molar-refractivity contribution is -0.119. The molecule has 1 saturated carbocycles. The number of ether oxygens (including phenoxy) is 1. The molecule has 0 amide bonds. The molecule has 0 N–H and O–H groups in total. The van der Waals surface area contributed by atoms with Gasteiger partial charge in [0.15, 0.2) is 5.78 Å². The second kappa shape index (κ2) is 3.95. The molecule has 0 atom stereocenters. The van der Waals surface area contributed by atoms with E-state index in [9.17, 15) is 4.79 Å². The summed E-state index contributed by atoms with van der Waals surface area (Å²) in [5.74, 6) is 0.671. The minimum Gasteiger partial charge on any atom is -0.501 e. The Morgan fingerprint density at radius 3 is 2.69 bits per heavy atom. The number of hydrogen-bond donors (Lipinski definition) is 0. The van der Waals surface area contributed by atoms with E-state index >= 15 is 0 Å². The Morgan fingerprint density at radius 1 is 1.31 bits per heavy atom. The Kier molecular flexibility index (Phi) is 2.67. The van der Waals surface area contributed by atoms with Gasteiger partial charge in [-0.2, -0.15) is 0 Å². The number of ketones is 1. The molecular formula is C11H16O2. The Morgan fingerprint density at radius 2 is 2.08 bits per heavy atom. The summed E-state index contributed by atoms with van der Waals surface area (Å²) < 4.78 is 5.18. The summed E-state index contributed by atoms with van der Waals surface area (Å²) in [6.45, 7) is 0.779. The standard InChI is InChI=1S/C11H16O2/c12-11(9-4-1-2-5-9)10-6-3-7-13-8-10/h8-9H,1-7H2. The van der Waals surface area contributed by atoms with Crippen LogP contribution in [0.2, 0.25) is 0 Å². The zero-order valence-corrected chi connectivity index (χ0v) is 7.92. The van der Waals surface area contributed by atoms with Gasteiger partial charge in [-0.05, 0) is 25.7 Å². The van der Waals surface area contributed by atoms with Crippen LogP contribution < -0.4 is 0 Å². The number of allylic oxidation sites excluding steroid dienone is 1. The van der Waals surface area contributed by atoms with E-state index in [4.69, 9.17) is 4.74 Å². The lowest BCUT2D eigenvalue weighted by Gasteiger charge is -2.15. The Labute approximate surface area is 79.0 Å². The third-order valence-electron chi connectivity index (χ3n) is 2.98. The number of carbonyl (C=O) groups is 1. The van der Waals surface area contributed by atoms with E-state index in [2.05, 4.69) is 0 Å². The van der Waals surface area contributed by atoms with Crippen molar-refractivity contribution in [3.63, 3.8) is 0 Å². The second-order valence-electron chi connectivity index (χ2n) is 3.96. The average molecular weight is 180 g/mol. The van der Waals surface area contributed by atoms with Gasteiger partial charge >= 0.3 is 0 Å². The van der Waals surface area contributed by atoms with Gasteiger partial charge in [-0.3, -0.25) is 4.79 Å². The van der Waals surface area contributed by atoms with E-state index < -0.39 is 0 Å². The van der Waals surface area contributed by atoms with Gasteiger partial charge < -0.3 is 4.74 Å². The third kappa shape index (κ3) is 1.93. The Bertz CT molecular complexity index is 224. The van der Waals surface area contributed by atoms with E-state index in [1.54, 1.807) is 6.26 Å². The number of carbonyl (C=O) groups excluding carboxylic acids is 1. The fourth-order valence-corrected chi connectivity index (χ4v) is 2.20. The fourth-order valence-electron chi connectivity index (χ4n) is 2.20. The molecule has 1 fully saturated rings. The molecule has 0 saturated heterocycles. The third-order valence-corrected chi connectivity index (χ3v) is 2.98. The highest BCUT2D eigenvalue weighted by atomic mass is 16.5. The first kappa shape index (κ1) is 8.79. The van der Waals surface area contributed by atoms with E-state index in [1.165, 1.54) is 12.8 Å². The van der Waals surface area contributed by atoms with Gasteiger partial charge in [0.1, 0.15) is 0 Å². The van der Waals surface area contributed by atoms with Crippen LogP contribution >= 0.6 is 0 Å². The largest absolute Gasteiger partial charge is 0.501 e. The van der Waals surface area contributed by atoms with E-state index in [1.807, 2.05) is 0 Å². The number of Topliss-reactive ketones (excluding diaryl/α,β-unsaturated/α-hetero) is 1. The van der Waals surface area contributed by atoms with E-state index in [-0.39, 0.29) is 0 Å². The minimum absolute atomic E-state index is 0.313. The van der Waals surface area contributed by atoms with Crippen LogP contribution in [0.15, 0.2) is 11.8 Å². The molecule has 2 aliphatic rings. The number of hydrogen-bond acceptors (Lipinski definition) is 2. The van der Waals surface area contributed by atoms with Gasteiger partial charge in [0.25, 0.3) is 0 Å².